The standard InChI is InChI=1S/C24H18BrN5O3/c25-17-10-6-7-15(13-17)14-26-29-24(33)21(27-22(31)16-8-2-1-3-9-16)20-18-11-4-5-12-19(18)23(32)30-28-20/h1-14,21H,(H,27,31)(H,29,33)(H,30,32)/b26-14-/t21-/m0/s1. The van der Waals surface area contributed by atoms with Crippen molar-refractivity contribution in [1.29, 1.82) is 0 Å². The third-order valence-corrected chi connectivity index (χ3v) is 5.30. The van der Waals surface area contributed by atoms with E-state index in [0.29, 0.717) is 16.3 Å². The molecule has 0 bridgehead atoms. The highest BCUT2D eigenvalue weighted by atomic mass is 79.9. The van der Waals surface area contributed by atoms with E-state index < -0.39 is 23.4 Å². The van der Waals surface area contributed by atoms with Crippen LogP contribution in [0.4, 0.5) is 0 Å². The first-order valence-corrected chi connectivity index (χ1v) is 10.7. The number of hydrogen-bond donors (Lipinski definition) is 3. The zero-order valence-electron chi connectivity index (χ0n) is 17.2. The molecule has 33 heavy (non-hydrogen) atoms. The van der Waals surface area contributed by atoms with Crippen LogP contribution in [0.1, 0.15) is 27.7 Å². The first kappa shape index (κ1) is 22.1. The summed E-state index contributed by atoms with van der Waals surface area (Å²) in [4.78, 5) is 38.1. The molecule has 2 amide bonds. The van der Waals surface area contributed by atoms with E-state index in [2.05, 4.69) is 42.0 Å². The molecular formula is C24H18BrN5O3. The van der Waals surface area contributed by atoms with Gasteiger partial charge in [-0.2, -0.15) is 10.2 Å². The van der Waals surface area contributed by atoms with Gasteiger partial charge in [0.2, 0.25) is 0 Å². The summed E-state index contributed by atoms with van der Waals surface area (Å²) in [6, 6.07) is 21.4. The Kier molecular flexibility index (Phi) is 6.70. The zero-order chi connectivity index (χ0) is 23.2. The number of aromatic nitrogens is 2. The quantitative estimate of drug-likeness (QED) is 0.276. The summed E-state index contributed by atoms with van der Waals surface area (Å²) in [6.45, 7) is 0. The minimum absolute atomic E-state index is 0.199. The molecule has 1 heterocycles. The molecule has 4 rings (SSSR count). The lowest BCUT2D eigenvalue weighted by Gasteiger charge is -2.18. The molecule has 0 unspecified atom stereocenters. The van der Waals surface area contributed by atoms with Gasteiger partial charge in [-0.3, -0.25) is 14.4 Å². The molecule has 0 saturated heterocycles. The van der Waals surface area contributed by atoms with E-state index in [1.807, 2.05) is 24.3 Å². The molecule has 0 aliphatic rings. The lowest BCUT2D eigenvalue weighted by atomic mass is 10.0. The third kappa shape index (κ3) is 5.21. The number of carbonyl (C=O) groups is 2. The van der Waals surface area contributed by atoms with Gasteiger partial charge in [-0.05, 0) is 35.9 Å². The summed E-state index contributed by atoms with van der Waals surface area (Å²) >= 11 is 3.38. The van der Waals surface area contributed by atoms with Crippen LogP contribution in [-0.2, 0) is 4.79 Å². The number of hydrazone groups is 1. The number of rotatable bonds is 6. The first-order valence-electron chi connectivity index (χ1n) is 9.94. The maximum absolute atomic E-state index is 13.1. The Bertz CT molecular complexity index is 1400. The lowest BCUT2D eigenvalue weighted by molar-refractivity contribution is -0.123. The number of aromatic amines is 1. The van der Waals surface area contributed by atoms with Crippen LogP contribution in [0.5, 0.6) is 0 Å². The van der Waals surface area contributed by atoms with Crippen LogP contribution in [0.3, 0.4) is 0 Å². The molecule has 0 fully saturated rings. The Balaban J connectivity index is 1.67. The Labute approximate surface area is 196 Å². The number of benzene rings is 3. The highest BCUT2D eigenvalue weighted by Gasteiger charge is 2.27. The smallest absolute Gasteiger partial charge is 0.272 e. The van der Waals surface area contributed by atoms with Crippen LogP contribution in [-0.4, -0.2) is 28.2 Å². The number of halogens is 1. The average molecular weight is 504 g/mol. The molecule has 4 aromatic rings. The van der Waals surface area contributed by atoms with Crippen molar-refractivity contribution >= 4 is 44.7 Å². The molecule has 0 aliphatic heterocycles. The fraction of sp³-hybridized carbons (Fsp3) is 0.0417. The summed E-state index contributed by atoms with van der Waals surface area (Å²) in [5.74, 6) is -1.08. The molecule has 0 saturated carbocycles. The van der Waals surface area contributed by atoms with Crippen LogP contribution < -0.4 is 16.3 Å². The molecule has 1 aromatic heterocycles. The number of fused-ring (bicyclic) bond motifs is 1. The van der Waals surface area contributed by atoms with Crippen molar-refractivity contribution in [3.63, 3.8) is 0 Å². The van der Waals surface area contributed by atoms with Crippen LogP contribution in [0, 0.1) is 0 Å². The van der Waals surface area contributed by atoms with E-state index >= 15 is 0 Å². The normalized spacial score (nSPS) is 11.9. The molecule has 3 aromatic carbocycles. The van der Waals surface area contributed by atoms with Gasteiger partial charge in [-0.15, -0.1) is 0 Å². The maximum atomic E-state index is 13.1. The van der Waals surface area contributed by atoms with Crippen molar-refractivity contribution in [2.45, 2.75) is 6.04 Å². The third-order valence-electron chi connectivity index (χ3n) is 4.81. The van der Waals surface area contributed by atoms with Gasteiger partial charge in [0.15, 0.2) is 6.04 Å². The maximum Gasteiger partial charge on any atom is 0.272 e. The minimum Gasteiger partial charge on any atom is -0.335 e. The summed E-state index contributed by atoms with van der Waals surface area (Å²) in [5, 5.41) is 14.0. The van der Waals surface area contributed by atoms with Crippen molar-refractivity contribution < 1.29 is 9.59 Å². The molecule has 8 nitrogen and oxygen atoms in total. The summed E-state index contributed by atoms with van der Waals surface area (Å²) in [7, 11) is 0. The number of nitrogens with zero attached hydrogens (tertiary/aromatic N) is 2. The van der Waals surface area contributed by atoms with E-state index in [4.69, 9.17) is 0 Å². The monoisotopic (exact) mass is 503 g/mol. The lowest BCUT2D eigenvalue weighted by Crippen LogP contribution is -2.40. The average Bonchev–Trinajstić information content (AvgIpc) is 2.84. The van der Waals surface area contributed by atoms with Gasteiger partial charge >= 0.3 is 0 Å². The Morgan fingerprint density at radius 3 is 2.45 bits per heavy atom. The fourth-order valence-electron chi connectivity index (χ4n) is 3.24. The predicted molar refractivity (Wildman–Crippen MR) is 129 cm³/mol. The van der Waals surface area contributed by atoms with E-state index in [1.165, 1.54) is 6.21 Å². The van der Waals surface area contributed by atoms with Crippen molar-refractivity contribution in [2.75, 3.05) is 0 Å². The molecule has 9 heteroatoms. The van der Waals surface area contributed by atoms with Gasteiger partial charge < -0.3 is 5.32 Å². The second-order valence-electron chi connectivity index (χ2n) is 7.05. The Morgan fingerprint density at radius 1 is 0.970 bits per heavy atom. The summed E-state index contributed by atoms with van der Waals surface area (Å²) in [6.07, 6.45) is 1.48. The van der Waals surface area contributed by atoms with Gasteiger partial charge in [-0.25, -0.2) is 10.5 Å². The Morgan fingerprint density at radius 2 is 1.70 bits per heavy atom. The summed E-state index contributed by atoms with van der Waals surface area (Å²) < 4.78 is 0.870. The van der Waals surface area contributed by atoms with Crippen LogP contribution in [0.2, 0.25) is 0 Å². The molecule has 0 radical (unpaired) electrons. The number of H-pyrrole nitrogens is 1. The van der Waals surface area contributed by atoms with Crippen molar-refractivity contribution in [1.82, 2.24) is 20.9 Å². The SMILES string of the molecule is O=C(N[C@H](C(=O)N/N=C\c1cccc(Br)c1)c1n[nH]c(=O)c2ccccc12)c1ccccc1. The van der Waals surface area contributed by atoms with E-state index in [1.54, 1.807) is 54.6 Å². The van der Waals surface area contributed by atoms with Crippen molar-refractivity contribution in [2.24, 2.45) is 5.10 Å². The number of carbonyl (C=O) groups excluding carboxylic acids is 2. The van der Waals surface area contributed by atoms with Gasteiger partial charge in [0.1, 0.15) is 5.69 Å². The van der Waals surface area contributed by atoms with Crippen LogP contribution >= 0.6 is 15.9 Å². The van der Waals surface area contributed by atoms with E-state index in [9.17, 15) is 14.4 Å². The van der Waals surface area contributed by atoms with E-state index in [0.717, 1.165) is 10.0 Å². The largest absolute Gasteiger partial charge is 0.335 e. The molecular weight excluding hydrogens is 486 g/mol. The Hall–Kier alpha value is -4.11. The second-order valence-corrected chi connectivity index (χ2v) is 7.96. The van der Waals surface area contributed by atoms with Gasteiger partial charge in [-0.1, -0.05) is 64.5 Å². The summed E-state index contributed by atoms with van der Waals surface area (Å²) in [5.41, 5.74) is 3.40. The minimum atomic E-state index is -1.21. The fourth-order valence-corrected chi connectivity index (χ4v) is 3.66. The second kappa shape index (κ2) is 10.0. The van der Waals surface area contributed by atoms with Crippen LogP contribution in [0.15, 0.2) is 93.2 Å². The van der Waals surface area contributed by atoms with Crippen LogP contribution in [0.25, 0.3) is 10.8 Å². The first-order chi connectivity index (χ1) is 16.0. The molecule has 164 valence electrons. The molecule has 0 aliphatic carbocycles. The highest BCUT2D eigenvalue weighted by Crippen LogP contribution is 2.20. The molecule has 1 atom stereocenters. The van der Waals surface area contributed by atoms with Gasteiger partial charge in [0.25, 0.3) is 17.4 Å². The van der Waals surface area contributed by atoms with Gasteiger partial charge in [0, 0.05) is 15.4 Å². The number of nitrogens with one attached hydrogen (secondary N) is 3. The number of hydrogen-bond acceptors (Lipinski definition) is 5. The van der Waals surface area contributed by atoms with Crippen molar-refractivity contribution in [3.05, 3.63) is 111 Å². The molecule has 3 N–H and O–H groups in total. The highest BCUT2D eigenvalue weighted by molar-refractivity contribution is 9.10. The zero-order valence-corrected chi connectivity index (χ0v) is 18.7. The predicted octanol–water partition coefficient (Wildman–Crippen LogP) is 3.31. The van der Waals surface area contributed by atoms with Crippen molar-refractivity contribution in [3.8, 4) is 0 Å². The topological polar surface area (TPSA) is 116 Å². The van der Waals surface area contributed by atoms with E-state index in [-0.39, 0.29) is 5.69 Å². The number of amides is 2. The van der Waals surface area contributed by atoms with Gasteiger partial charge in [0.05, 0.1) is 11.6 Å². The molecule has 0 spiro atoms.